The van der Waals surface area contributed by atoms with Crippen LogP contribution < -0.4 is 10.1 Å². The molecule has 0 bridgehead atoms. The molecule has 2 amide bonds. The van der Waals surface area contributed by atoms with Crippen molar-refractivity contribution in [1.82, 2.24) is 25.2 Å². The number of hydrogen-bond acceptors (Lipinski definition) is 7. The Morgan fingerprint density at radius 3 is 2.74 bits per heavy atom. The lowest BCUT2D eigenvalue weighted by Gasteiger charge is -2.31. The largest absolute Gasteiger partial charge is 0.497 e. The van der Waals surface area contributed by atoms with Gasteiger partial charge in [0.15, 0.2) is 0 Å². The summed E-state index contributed by atoms with van der Waals surface area (Å²) in [5.41, 5.74) is 2.02. The molecule has 0 saturated carbocycles. The number of carbonyl (C=O) groups is 2. The molecule has 0 spiro atoms. The number of methoxy groups -OCH3 is 2. The molecule has 35 heavy (non-hydrogen) atoms. The molecule has 1 N–H and O–H groups in total. The van der Waals surface area contributed by atoms with Crippen molar-refractivity contribution in [2.75, 3.05) is 27.4 Å². The molecule has 0 aliphatic rings. The smallest absolute Gasteiger partial charge is 0.247 e. The second-order valence-corrected chi connectivity index (χ2v) is 7.79. The van der Waals surface area contributed by atoms with Crippen LogP contribution in [0.2, 0.25) is 0 Å². The molecule has 0 radical (unpaired) electrons. The number of carbonyl (C=O) groups excluding carboxylic acids is 2. The number of hydrogen-bond donors (Lipinski definition) is 1. The minimum Gasteiger partial charge on any atom is -0.497 e. The first-order valence-corrected chi connectivity index (χ1v) is 11.1. The van der Waals surface area contributed by atoms with E-state index in [0.717, 1.165) is 5.52 Å². The van der Waals surface area contributed by atoms with Crippen LogP contribution in [0.4, 0.5) is 0 Å². The Labute approximate surface area is 202 Å². The van der Waals surface area contributed by atoms with Crippen molar-refractivity contribution < 1.29 is 23.5 Å². The number of rotatable bonds is 11. The number of nitrogens with zero attached hydrogens (tertiary/aromatic N) is 4. The number of benzene rings is 2. The molecular weight excluding hydrogens is 450 g/mol. The summed E-state index contributed by atoms with van der Waals surface area (Å²) in [6, 6.07) is 17.1. The van der Waals surface area contributed by atoms with E-state index in [1.54, 1.807) is 50.6 Å². The Bertz CT molecular complexity index is 1270. The molecule has 0 saturated heterocycles. The lowest BCUT2D eigenvalue weighted by molar-refractivity contribution is -0.142. The monoisotopic (exact) mass is 477 g/mol. The molecule has 4 aromatic rings. The van der Waals surface area contributed by atoms with Crippen LogP contribution in [0, 0.1) is 0 Å². The van der Waals surface area contributed by atoms with E-state index in [9.17, 15) is 9.59 Å². The van der Waals surface area contributed by atoms with Gasteiger partial charge in [0.05, 0.1) is 32.0 Å². The van der Waals surface area contributed by atoms with Crippen LogP contribution in [-0.4, -0.2) is 59.1 Å². The molecule has 10 heteroatoms. The quantitative estimate of drug-likeness (QED) is 0.353. The minimum atomic E-state index is -0.933. The van der Waals surface area contributed by atoms with Gasteiger partial charge in [0.25, 0.3) is 0 Å². The first-order valence-electron chi connectivity index (χ1n) is 11.1. The van der Waals surface area contributed by atoms with Crippen LogP contribution in [0.3, 0.4) is 0 Å². The third-order valence-corrected chi connectivity index (χ3v) is 5.55. The maximum atomic E-state index is 13.6. The molecule has 0 fully saturated rings. The Hall–Kier alpha value is -4.18. The van der Waals surface area contributed by atoms with Gasteiger partial charge in [-0.3, -0.25) is 9.59 Å². The summed E-state index contributed by atoms with van der Waals surface area (Å²) < 4.78 is 17.5. The highest BCUT2D eigenvalue weighted by Gasteiger charge is 2.32. The zero-order valence-electron chi connectivity index (χ0n) is 19.6. The van der Waals surface area contributed by atoms with E-state index >= 15 is 0 Å². The van der Waals surface area contributed by atoms with Crippen LogP contribution in [-0.2, 0) is 27.4 Å². The summed E-state index contributed by atoms with van der Waals surface area (Å²) in [6.07, 6.45) is 1.54. The molecule has 0 aliphatic carbocycles. The second kappa shape index (κ2) is 11.3. The van der Waals surface area contributed by atoms with Gasteiger partial charge in [0.2, 0.25) is 11.8 Å². The maximum absolute atomic E-state index is 13.6. The summed E-state index contributed by atoms with van der Waals surface area (Å²) >= 11 is 0. The van der Waals surface area contributed by atoms with Gasteiger partial charge in [-0.25, -0.2) is 4.68 Å². The van der Waals surface area contributed by atoms with E-state index in [-0.39, 0.29) is 38.1 Å². The van der Waals surface area contributed by atoms with Crippen molar-refractivity contribution in [2.45, 2.75) is 19.1 Å². The van der Waals surface area contributed by atoms with E-state index in [1.165, 1.54) is 15.8 Å². The summed E-state index contributed by atoms with van der Waals surface area (Å²) in [5.74, 6) is 0.514. The first-order chi connectivity index (χ1) is 17.1. The Morgan fingerprint density at radius 1 is 1.11 bits per heavy atom. The van der Waals surface area contributed by atoms with Gasteiger partial charge in [-0.15, -0.1) is 5.10 Å². The average Bonchev–Trinajstić information content (AvgIpc) is 3.55. The standard InChI is InChI=1S/C25H27N5O5/c1-33-14-12-29(23(31)17-30-22-11-4-3-10-21(22)27-28-30)24(18-7-5-8-19(15-18)34-2)25(32)26-16-20-9-6-13-35-20/h3-11,13,15,24H,12,14,16-17H2,1-2H3,(H,26,32). The molecule has 2 heterocycles. The average molecular weight is 478 g/mol. The van der Waals surface area contributed by atoms with Gasteiger partial charge in [-0.1, -0.05) is 29.5 Å². The van der Waals surface area contributed by atoms with Crippen molar-refractivity contribution >= 4 is 22.8 Å². The van der Waals surface area contributed by atoms with Crippen molar-refractivity contribution in [3.05, 3.63) is 78.3 Å². The van der Waals surface area contributed by atoms with E-state index in [1.807, 2.05) is 24.3 Å². The Kier molecular flexibility index (Phi) is 7.74. The highest BCUT2D eigenvalue weighted by atomic mass is 16.5. The summed E-state index contributed by atoms with van der Waals surface area (Å²) in [6.45, 7) is 0.538. The molecule has 1 atom stereocenters. The number of furan rings is 1. The molecule has 1 unspecified atom stereocenters. The number of para-hydroxylation sites is 1. The summed E-state index contributed by atoms with van der Waals surface area (Å²) in [4.78, 5) is 28.6. The predicted molar refractivity (Wildman–Crippen MR) is 127 cm³/mol. The van der Waals surface area contributed by atoms with Gasteiger partial charge in [-0.05, 0) is 42.0 Å². The maximum Gasteiger partial charge on any atom is 0.247 e. The highest BCUT2D eigenvalue weighted by Crippen LogP contribution is 2.26. The van der Waals surface area contributed by atoms with Crippen molar-refractivity contribution in [1.29, 1.82) is 0 Å². The fraction of sp³-hybridized carbons (Fsp3) is 0.280. The molecule has 0 aliphatic heterocycles. The van der Waals surface area contributed by atoms with Gasteiger partial charge in [0.1, 0.15) is 29.6 Å². The number of ether oxygens (including phenoxy) is 2. The van der Waals surface area contributed by atoms with Crippen molar-refractivity contribution in [3.8, 4) is 5.75 Å². The number of aromatic nitrogens is 3. The molecule has 2 aromatic carbocycles. The lowest BCUT2D eigenvalue weighted by atomic mass is 10.0. The van der Waals surface area contributed by atoms with Crippen molar-refractivity contribution in [3.63, 3.8) is 0 Å². The molecule has 10 nitrogen and oxygen atoms in total. The van der Waals surface area contributed by atoms with Crippen molar-refractivity contribution in [2.24, 2.45) is 0 Å². The fourth-order valence-electron chi connectivity index (χ4n) is 3.81. The second-order valence-electron chi connectivity index (χ2n) is 7.79. The third-order valence-electron chi connectivity index (χ3n) is 5.55. The van der Waals surface area contributed by atoms with Crippen LogP contribution in [0.15, 0.2) is 71.3 Å². The van der Waals surface area contributed by atoms with Crippen LogP contribution in [0.1, 0.15) is 17.4 Å². The topological polar surface area (TPSA) is 112 Å². The van der Waals surface area contributed by atoms with Gasteiger partial charge < -0.3 is 24.1 Å². The van der Waals surface area contributed by atoms with Crippen LogP contribution >= 0.6 is 0 Å². The molecular formula is C25H27N5O5. The predicted octanol–water partition coefficient (Wildman–Crippen LogP) is 2.57. The molecule has 2 aromatic heterocycles. The number of nitrogens with one attached hydrogen (secondary N) is 1. The summed E-state index contributed by atoms with van der Waals surface area (Å²) in [5, 5.41) is 11.1. The van der Waals surface area contributed by atoms with E-state index in [0.29, 0.717) is 22.6 Å². The fourth-order valence-corrected chi connectivity index (χ4v) is 3.81. The number of fused-ring (bicyclic) bond motifs is 1. The lowest BCUT2D eigenvalue weighted by Crippen LogP contribution is -2.46. The number of amides is 2. The van der Waals surface area contributed by atoms with Gasteiger partial charge in [-0.2, -0.15) is 0 Å². The van der Waals surface area contributed by atoms with Gasteiger partial charge in [0, 0.05) is 13.7 Å². The molecule has 4 rings (SSSR count). The van der Waals surface area contributed by atoms with Crippen LogP contribution in [0.5, 0.6) is 5.75 Å². The zero-order valence-corrected chi connectivity index (χ0v) is 19.6. The van der Waals surface area contributed by atoms with E-state index in [4.69, 9.17) is 13.9 Å². The highest BCUT2D eigenvalue weighted by molar-refractivity contribution is 5.89. The van der Waals surface area contributed by atoms with Gasteiger partial charge >= 0.3 is 0 Å². The zero-order chi connectivity index (χ0) is 24.6. The first kappa shape index (κ1) is 24.0. The minimum absolute atomic E-state index is 0.0871. The Balaban J connectivity index is 1.66. The van der Waals surface area contributed by atoms with E-state index in [2.05, 4.69) is 15.6 Å². The molecule has 182 valence electrons. The SMILES string of the molecule is COCCN(C(=O)Cn1nnc2ccccc21)C(C(=O)NCc1ccco1)c1cccc(OC)c1. The normalized spacial score (nSPS) is 11.8. The van der Waals surface area contributed by atoms with E-state index < -0.39 is 6.04 Å². The summed E-state index contributed by atoms with van der Waals surface area (Å²) in [7, 11) is 3.10. The van der Waals surface area contributed by atoms with Crippen LogP contribution in [0.25, 0.3) is 11.0 Å². The third kappa shape index (κ3) is 5.67. The Morgan fingerprint density at radius 2 is 1.97 bits per heavy atom.